The molecule has 0 spiro atoms. The maximum Gasteiger partial charge on any atom is 0.223 e. The maximum atomic E-state index is 12.4. The molecule has 0 atom stereocenters. The standard InChI is InChI=1S/C21H27N3O2/c1-2-26-20-5-3-4-18(14-20)16-24-12-8-19(9-13-24)21(25)23-15-17-6-10-22-11-7-17/h3-7,10-11,14,19H,2,8-9,12-13,15-16H2,1H3,(H,23,25). The summed E-state index contributed by atoms with van der Waals surface area (Å²) in [4.78, 5) is 18.8. The fourth-order valence-electron chi connectivity index (χ4n) is 3.35. The van der Waals surface area contributed by atoms with Crippen molar-refractivity contribution in [3.8, 4) is 5.75 Å². The summed E-state index contributed by atoms with van der Waals surface area (Å²) in [6.45, 7) is 6.07. The minimum absolute atomic E-state index is 0.114. The molecule has 26 heavy (non-hydrogen) atoms. The first kappa shape index (κ1) is 18.4. The molecule has 0 bridgehead atoms. The van der Waals surface area contributed by atoms with Crippen LogP contribution in [0.3, 0.4) is 0 Å². The predicted octanol–water partition coefficient (Wildman–Crippen LogP) is 3.01. The molecule has 1 fully saturated rings. The van der Waals surface area contributed by atoms with Gasteiger partial charge in [-0.05, 0) is 68.2 Å². The lowest BCUT2D eigenvalue weighted by molar-refractivity contribution is -0.126. The number of rotatable bonds is 7. The molecule has 1 amide bonds. The van der Waals surface area contributed by atoms with Gasteiger partial charge in [0, 0.05) is 31.4 Å². The lowest BCUT2D eigenvalue weighted by Crippen LogP contribution is -2.40. The number of nitrogens with zero attached hydrogens (tertiary/aromatic N) is 2. The van der Waals surface area contributed by atoms with Gasteiger partial charge in [-0.1, -0.05) is 12.1 Å². The summed E-state index contributed by atoms with van der Waals surface area (Å²) in [6.07, 6.45) is 5.32. The molecule has 1 aliphatic heterocycles. The fourth-order valence-corrected chi connectivity index (χ4v) is 3.35. The van der Waals surface area contributed by atoms with Gasteiger partial charge in [-0.2, -0.15) is 0 Å². The molecule has 1 saturated heterocycles. The normalized spacial score (nSPS) is 15.6. The fraction of sp³-hybridized carbons (Fsp3) is 0.429. The van der Waals surface area contributed by atoms with E-state index < -0.39 is 0 Å². The molecule has 2 aromatic rings. The van der Waals surface area contributed by atoms with E-state index in [0.717, 1.165) is 43.8 Å². The Morgan fingerprint density at radius 2 is 1.96 bits per heavy atom. The number of nitrogens with one attached hydrogen (secondary N) is 1. The van der Waals surface area contributed by atoms with Gasteiger partial charge >= 0.3 is 0 Å². The van der Waals surface area contributed by atoms with Crippen molar-refractivity contribution in [1.29, 1.82) is 0 Å². The number of carbonyl (C=O) groups is 1. The Balaban J connectivity index is 1.43. The third-order valence-corrected chi connectivity index (χ3v) is 4.79. The van der Waals surface area contributed by atoms with Gasteiger partial charge in [-0.3, -0.25) is 14.7 Å². The summed E-state index contributed by atoms with van der Waals surface area (Å²) >= 11 is 0. The first-order valence-corrected chi connectivity index (χ1v) is 9.35. The molecule has 5 nitrogen and oxygen atoms in total. The maximum absolute atomic E-state index is 12.4. The van der Waals surface area contributed by atoms with Crippen LogP contribution in [0.1, 0.15) is 30.9 Å². The van der Waals surface area contributed by atoms with Crippen LogP contribution in [0.2, 0.25) is 0 Å². The summed E-state index contributed by atoms with van der Waals surface area (Å²) < 4.78 is 5.57. The topological polar surface area (TPSA) is 54.5 Å². The third kappa shape index (κ3) is 5.30. The van der Waals surface area contributed by atoms with Crippen LogP contribution in [0.15, 0.2) is 48.8 Å². The molecule has 0 unspecified atom stereocenters. The summed E-state index contributed by atoms with van der Waals surface area (Å²) in [5, 5.41) is 3.05. The largest absolute Gasteiger partial charge is 0.494 e. The molecule has 2 heterocycles. The van der Waals surface area contributed by atoms with E-state index in [2.05, 4.69) is 27.3 Å². The summed E-state index contributed by atoms with van der Waals surface area (Å²) in [7, 11) is 0. The van der Waals surface area contributed by atoms with Crippen LogP contribution < -0.4 is 10.1 Å². The van der Waals surface area contributed by atoms with Crippen molar-refractivity contribution in [3.05, 3.63) is 59.9 Å². The minimum atomic E-state index is 0.114. The van der Waals surface area contributed by atoms with Gasteiger partial charge in [0.2, 0.25) is 5.91 Å². The number of piperidine rings is 1. The van der Waals surface area contributed by atoms with E-state index in [9.17, 15) is 4.79 Å². The molecular formula is C21H27N3O2. The van der Waals surface area contributed by atoms with E-state index in [1.807, 2.05) is 31.2 Å². The third-order valence-electron chi connectivity index (χ3n) is 4.79. The molecular weight excluding hydrogens is 326 g/mol. The van der Waals surface area contributed by atoms with Crippen LogP contribution in [-0.4, -0.2) is 35.5 Å². The van der Waals surface area contributed by atoms with E-state index in [4.69, 9.17) is 4.74 Å². The number of benzene rings is 1. The number of aromatic nitrogens is 1. The van der Waals surface area contributed by atoms with Crippen molar-refractivity contribution in [2.45, 2.75) is 32.9 Å². The highest BCUT2D eigenvalue weighted by Gasteiger charge is 2.24. The first-order valence-electron chi connectivity index (χ1n) is 9.35. The van der Waals surface area contributed by atoms with Crippen molar-refractivity contribution < 1.29 is 9.53 Å². The second-order valence-electron chi connectivity index (χ2n) is 6.70. The van der Waals surface area contributed by atoms with Crippen LogP contribution in [-0.2, 0) is 17.9 Å². The second-order valence-corrected chi connectivity index (χ2v) is 6.70. The van der Waals surface area contributed by atoms with Gasteiger partial charge in [0.25, 0.3) is 0 Å². The van der Waals surface area contributed by atoms with Gasteiger partial charge in [-0.15, -0.1) is 0 Å². The number of carbonyl (C=O) groups excluding carboxylic acids is 1. The molecule has 0 saturated carbocycles. The zero-order chi connectivity index (χ0) is 18.2. The molecule has 3 rings (SSSR count). The highest BCUT2D eigenvalue weighted by molar-refractivity contribution is 5.78. The average Bonchev–Trinajstić information content (AvgIpc) is 2.68. The summed E-state index contributed by atoms with van der Waals surface area (Å²) in [5.74, 6) is 1.21. The quantitative estimate of drug-likeness (QED) is 0.831. The molecule has 1 aromatic carbocycles. The summed E-state index contributed by atoms with van der Waals surface area (Å²) in [5.41, 5.74) is 2.34. The number of pyridine rings is 1. The lowest BCUT2D eigenvalue weighted by atomic mass is 9.95. The monoisotopic (exact) mass is 353 g/mol. The van der Waals surface area contributed by atoms with Crippen LogP contribution in [0.25, 0.3) is 0 Å². The Hall–Kier alpha value is -2.40. The van der Waals surface area contributed by atoms with Crippen molar-refractivity contribution in [1.82, 2.24) is 15.2 Å². The van der Waals surface area contributed by atoms with E-state index in [-0.39, 0.29) is 11.8 Å². The van der Waals surface area contributed by atoms with Crippen molar-refractivity contribution in [2.75, 3.05) is 19.7 Å². The average molecular weight is 353 g/mol. The molecule has 5 heteroatoms. The SMILES string of the molecule is CCOc1cccc(CN2CCC(C(=O)NCc3ccncc3)CC2)c1. The number of amides is 1. The number of likely N-dealkylation sites (tertiary alicyclic amines) is 1. The molecule has 138 valence electrons. The van der Waals surface area contributed by atoms with E-state index >= 15 is 0 Å². The number of hydrogen-bond donors (Lipinski definition) is 1. The van der Waals surface area contributed by atoms with Gasteiger partial charge < -0.3 is 10.1 Å². The van der Waals surface area contributed by atoms with Crippen LogP contribution >= 0.6 is 0 Å². The molecule has 1 N–H and O–H groups in total. The van der Waals surface area contributed by atoms with Crippen LogP contribution in [0.4, 0.5) is 0 Å². The number of hydrogen-bond acceptors (Lipinski definition) is 4. The first-order chi connectivity index (χ1) is 12.7. The zero-order valence-corrected chi connectivity index (χ0v) is 15.4. The predicted molar refractivity (Wildman–Crippen MR) is 102 cm³/mol. The molecule has 1 aliphatic rings. The lowest BCUT2D eigenvalue weighted by Gasteiger charge is -2.31. The number of ether oxygens (including phenoxy) is 1. The Morgan fingerprint density at radius 3 is 2.69 bits per heavy atom. The smallest absolute Gasteiger partial charge is 0.223 e. The van der Waals surface area contributed by atoms with Crippen molar-refractivity contribution >= 4 is 5.91 Å². The van der Waals surface area contributed by atoms with E-state index in [1.165, 1.54) is 5.56 Å². The van der Waals surface area contributed by atoms with Crippen LogP contribution in [0, 0.1) is 5.92 Å². The molecule has 0 aliphatic carbocycles. The Labute approximate surface area is 155 Å². The van der Waals surface area contributed by atoms with Gasteiger partial charge in [-0.25, -0.2) is 0 Å². The van der Waals surface area contributed by atoms with Gasteiger partial charge in [0.15, 0.2) is 0 Å². The summed E-state index contributed by atoms with van der Waals surface area (Å²) in [6, 6.07) is 12.1. The molecule has 1 aromatic heterocycles. The minimum Gasteiger partial charge on any atom is -0.494 e. The second kappa shape index (κ2) is 9.34. The Kier molecular flexibility index (Phi) is 6.61. The zero-order valence-electron chi connectivity index (χ0n) is 15.4. The Bertz CT molecular complexity index is 697. The molecule has 0 radical (unpaired) electrons. The highest BCUT2D eigenvalue weighted by atomic mass is 16.5. The van der Waals surface area contributed by atoms with E-state index in [1.54, 1.807) is 12.4 Å². The van der Waals surface area contributed by atoms with Gasteiger partial charge in [0.1, 0.15) is 5.75 Å². The van der Waals surface area contributed by atoms with Crippen molar-refractivity contribution in [2.24, 2.45) is 5.92 Å². The van der Waals surface area contributed by atoms with Crippen LogP contribution in [0.5, 0.6) is 5.75 Å². The van der Waals surface area contributed by atoms with Gasteiger partial charge in [0.05, 0.1) is 6.61 Å². The highest BCUT2D eigenvalue weighted by Crippen LogP contribution is 2.21. The van der Waals surface area contributed by atoms with Crippen molar-refractivity contribution in [3.63, 3.8) is 0 Å². The van der Waals surface area contributed by atoms with E-state index in [0.29, 0.717) is 13.2 Å². The Morgan fingerprint density at radius 1 is 1.19 bits per heavy atom.